The first-order valence-corrected chi connectivity index (χ1v) is 4.10. The number of hydrogen-bond donors (Lipinski definition) is 0. The highest BCUT2D eigenvalue weighted by Gasteiger charge is 2.21. The van der Waals surface area contributed by atoms with Crippen LogP contribution in [0.15, 0.2) is 22.5 Å². The van der Waals surface area contributed by atoms with E-state index in [-0.39, 0.29) is 5.41 Å². The lowest BCUT2D eigenvalue weighted by atomic mass is 9.86. The Balaban J connectivity index is 2.90. The third kappa shape index (κ3) is 1.32. The Morgan fingerprint density at radius 2 is 2.30 bits per heavy atom. The smallest absolute Gasteiger partial charge is 0.147 e. The fraction of sp³-hybridized carbons (Fsp3) is 0.375. The molecule has 0 radical (unpaired) electrons. The number of hydrogen-bond acceptors (Lipinski definition) is 2. The molecule has 0 atom stereocenters. The zero-order valence-corrected chi connectivity index (χ0v) is 6.94. The largest absolute Gasteiger partial charge is 0.298 e. The second kappa shape index (κ2) is 2.62. The summed E-state index contributed by atoms with van der Waals surface area (Å²) in [5.41, 5.74) is 0.799. The van der Waals surface area contributed by atoms with Gasteiger partial charge in [-0.15, -0.1) is 11.8 Å². The Labute approximate surface area is 65.2 Å². The normalized spacial score (nSPS) is 22.0. The van der Waals surface area contributed by atoms with Crippen LogP contribution in [0.25, 0.3) is 0 Å². The van der Waals surface area contributed by atoms with Gasteiger partial charge in [0, 0.05) is 11.0 Å². The predicted octanol–water partition coefficient (Wildman–Crippen LogP) is 2.36. The number of aldehydes is 1. The quantitative estimate of drug-likeness (QED) is 0.539. The fourth-order valence-electron chi connectivity index (χ4n) is 0.750. The summed E-state index contributed by atoms with van der Waals surface area (Å²) >= 11 is 1.56. The van der Waals surface area contributed by atoms with Crippen molar-refractivity contribution in [3.63, 3.8) is 0 Å². The Morgan fingerprint density at radius 3 is 2.70 bits per heavy atom. The molecule has 2 heteroatoms. The number of carbonyl (C=O) groups excluding carboxylic acids is 1. The van der Waals surface area contributed by atoms with Gasteiger partial charge >= 0.3 is 0 Å². The number of thioether (sulfide) groups is 1. The lowest BCUT2D eigenvalue weighted by molar-refractivity contribution is -0.105. The van der Waals surface area contributed by atoms with Crippen molar-refractivity contribution in [2.45, 2.75) is 13.8 Å². The maximum absolute atomic E-state index is 10.5. The van der Waals surface area contributed by atoms with Crippen molar-refractivity contribution in [3.05, 3.63) is 22.5 Å². The molecule has 0 unspecified atom stereocenters. The number of carbonyl (C=O) groups is 1. The summed E-state index contributed by atoms with van der Waals surface area (Å²) in [7, 11) is 0. The molecule has 0 aromatic rings. The minimum Gasteiger partial charge on any atom is -0.298 e. The number of allylic oxidation sites excluding steroid dienone is 2. The van der Waals surface area contributed by atoms with Crippen LogP contribution in [0.4, 0.5) is 0 Å². The van der Waals surface area contributed by atoms with Gasteiger partial charge in [0.15, 0.2) is 0 Å². The molecule has 0 aliphatic carbocycles. The summed E-state index contributed by atoms with van der Waals surface area (Å²) in [5, 5.41) is 3.90. The van der Waals surface area contributed by atoms with Crippen LogP contribution in [-0.2, 0) is 4.79 Å². The summed E-state index contributed by atoms with van der Waals surface area (Å²) < 4.78 is 0. The molecule has 1 heterocycles. The first-order chi connectivity index (χ1) is 4.67. The van der Waals surface area contributed by atoms with Crippen molar-refractivity contribution in [2.24, 2.45) is 5.41 Å². The first-order valence-electron chi connectivity index (χ1n) is 3.16. The van der Waals surface area contributed by atoms with Crippen LogP contribution in [0.3, 0.4) is 0 Å². The average Bonchev–Trinajstić information content (AvgIpc) is 1.87. The fourth-order valence-corrected chi connectivity index (χ4v) is 1.75. The van der Waals surface area contributed by atoms with Crippen LogP contribution in [0.5, 0.6) is 0 Å². The standard InChI is InChI=1S/C8H10OS/c1-8(2)3-4-10-6-7(8)5-9/h3-6H,1-2H3. The maximum Gasteiger partial charge on any atom is 0.147 e. The molecule has 1 nitrogen and oxygen atoms in total. The van der Waals surface area contributed by atoms with Crippen molar-refractivity contribution in [1.82, 2.24) is 0 Å². The molecule has 0 saturated carbocycles. The van der Waals surface area contributed by atoms with Crippen LogP contribution in [0.2, 0.25) is 0 Å². The highest BCUT2D eigenvalue weighted by atomic mass is 32.2. The minimum absolute atomic E-state index is 0.0625. The van der Waals surface area contributed by atoms with Crippen LogP contribution in [0.1, 0.15) is 13.8 Å². The topological polar surface area (TPSA) is 17.1 Å². The van der Waals surface area contributed by atoms with E-state index in [1.54, 1.807) is 11.8 Å². The van der Waals surface area contributed by atoms with Gasteiger partial charge in [-0.2, -0.15) is 0 Å². The maximum atomic E-state index is 10.5. The highest BCUT2D eigenvalue weighted by Crippen LogP contribution is 2.33. The molecule has 1 aliphatic rings. The van der Waals surface area contributed by atoms with E-state index in [2.05, 4.69) is 0 Å². The van der Waals surface area contributed by atoms with Crippen molar-refractivity contribution in [1.29, 1.82) is 0 Å². The van der Waals surface area contributed by atoms with E-state index in [9.17, 15) is 4.79 Å². The van der Waals surface area contributed by atoms with Crippen LogP contribution in [0, 0.1) is 5.41 Å². The lowest BCUT2D eigenvalue weighted by Crippen LogP contribution is -2.13. The molecule has 10 heavy (non-hydrogen) atoms. The van der Waals surface area contributed by atoms with E-state index in [1.165, 1.54) is 0 Å². The Hall–Kier alpha value is -0.500. The summed E-state index contributed by atoms with van der Waals surface area (Å²) in [6, 6.07) is 0. The molecule has 0 bridgehead atoms. The molecule has 0 amide bonds. The zero-order chi connectivity index (χ0) is 7.61. The van der Waals surface area contributed by atoms with E-state index in [0.717, 1.165) is 11.9 Å². The summed E-state index contributed by atoms with van der Waals surface area (Å²) in [6.45, 7) is 4.06. The van der Waals surface area contributed by atoms with Crippen LogP contribution < -0.4 is 0 Å². The summed E-state index contributed by atoms with van der Waals surface area (Å²) in [5.74, 6) is 0. The van der Waals surface area contributed by atoms with Gasteiger partial charge in [0.25, 0.3) is 0 Å². The molecular weight excluding hydrogens is 144 g/mol. The van der Waals surface area contributed by atoms with E-state index in [1.807, 2.05) is 30.7 Å². The molecule has 0 N–H and O–H groups in total. The zero-order valence-electron chi connectivity index (χ0n) is 6.13. The molecule has 54 valence electrons. The van der Waals surface area contributed by atoms with Crippen molar-refractivity contribution >= 4 is 18.0 Å². The van der Waals surface area contributed by atoms with Crippen molar-refractivity contribution in [2.75, 3.05) is 0 Å². The van der Waals surface area contributed by atoms with E-state index in [0.29, 0.717) is 0 Å². The van der Waals surface area contributed by atoms with Crippen molar-refractivity contribution in [3.8, 4) is 0 Å². The molecule has 0 aromatic heterocycles. The summed E-state index contributed by atoms with van der Waals surface area (Å²) in [4.78, 5) is 10.5. The molecule has 0 aromatic carbocycles. The molecule has 1 rings (SSSR count). The van der Waals surface area contributed by atoms with Gasteiger partial charge in [-0.25, -0.2) is 0 Å². The minimum atomic E-state index is -0.0625. The monoisotopic (exact) mass is 154 g/mol. The molecule has 0 saturated heterocycles. The Kier molecular flexibility index (Phi) is 2.00. The van der Waals surface area contributed by atoms with Gasteiger partial charge in [0.1, 0.15) is 6.29 Å². The lowest BCUT2D eigenvalue weighted by Gasteiger charge is -2.22. The van der Waals surface area contributed by atoms with E-state index >= 15 is 0 Å². The van der Waals surface area contributed by atoms with Gasteiger partial charge in [-0.1, -0.05) is 19.9 Å². The van der Waals surface area contributed by atoms with Crippen LogP contribution >= 0.6 is 11.8 Å². The Morgan fingerprint density at radius 1 is 1.60 bits per heavy atom. The third-order valence-corrected chi connectivity index (χ3v) is 2.31. The second-order valence-electron chi connectivity index (χ2n) is 2.85. The summed E-state index contributed by atoms with van der Waals surface area (Å²) in [6.07, 6.45) is 2.97. The molecule has 0 spiro atoms. The average molecular weight is 154 g/mol. The second-order valence-corrected chi connectivity index (χ2v) is 3.63. The van der Waals surface area contributed by atoms with Gasteiger partial charge in [-0.3, -0.25) is 4.79 Å². The molecular formula is C8H10OS. The van der Waals surface area contributed by atoms with Gasteiger partial charge in [0.2, 0.25) is 0 Å². The first kappa shape index (κ1) is 7.61. The third-order valence-electron chi connectivity index (χ3n) is 1.63. The SMILES string of the molecule is CC1(C)C=CSC=C1C=O. The Bertz CT molecular complexity index is 201. The highest BCUT2D eigenvalue weighted by molar-refractivity contribution is 8.05. The molecule has 1 aliphatic heterocycles. The van der Waals surface area contributed by atoms with E-state index < -0.39 is 0 Å². The van der Waals surface area contributed by atoms with Gasteiger partial charge in [0.05, 0.1) is 0 Å². The predicted molar refractivity (Wildman–Crippen MR) is 44.7 cm³/mol. The van der Waals surface area contributed by atoms with Gasteiger partial charge < -0.3 is 0 Å². The van der Waals surface area contributed by atoms with Crippen LogP contribution in [-0.4, -0.2) is 6.29 Å². The molecule has 0 fully saturated rings. The van der Waals surface area contributed by atoms with Crippen molar-refractivity contribution < 1.29 is 4.79 Å². The van der Waals surface area contributed by atoms with E-state index in [4.69, 9.17) is 0 Å². The number of rotatable bonds is 1. The van der Waals surface area contributed by atoms with Gasteiger partial charge in [-0.05, 0) is 10.8 Å².